The molecule has 0 aromatic rings. The molecule has 5 nitrogen and oxygen atoms in total. The summed E-state index contributed by atoms with van der Waals surface area (Å²) in [6, 6.07) is -0.230. The van der Waals surface area contributed by atoms with Gasteiger partial charge in [0, 0.05) is 0 Å². The van der Waals surface area contributed by atoms with Crippen LogP contribution in [0.15, 0.2) is 0 Å². The molecule has 0 radical (unpaired) electrons. The molecule has 12 heavy (non-hydrogen) atoms. The van der Waals surface area contributed by atoms with Gasteiger partial charge in [-0.15, -0.1) is 0 Å². The number of rotatable bonds is 3. The molecule has 1 heterocycles. The van der Waals surface area contributed by atoms with E-state index in [0.29, 0.717) is 0 Å². The fourth-order valence-corrected chi connectivity index (χ4v) is 4.38. The Morgan fingerprint density at radius 3 is 1.33 bits per heavy atom. The van der Waals surface area contributed by atoms with Gasteiger partial charge in [0.2, 0.25) is 0 Å². The molecule has 1 aliphatic rings. The Morgan fingerprint density at radius 1 is 0.917 bits per heavy atom. The standard InChI is InChI=1S/C5H3O5PS/c6-1-11(2-7,3-8)4(9)12-5(11)10/h1-3H. The van der Waals surface area contributed by atoms with Crippen LogP contribution in [0, 0.1) is 0 Å². The Labute approximate surface area is 70.8 Å². The Balaban J connectivity index is 3.46. The molecule has 1 fully saturated rings. The average molecular weight is 206 g/mol. The van der Waals surface area contributed by atoms with Crippen molar-refractivity contribution in [2.45, 2.75) is 0 Å². The summed E-state index contributed by atoms with van der Waals surface area (Å²) in [4.78, 5) is 51.3. The van der Waals surface area contributed by atoms with Crippen LogP contribution in [0.25, 0.3) is 0 Å². The topological polar surface area (TPSA) is 85.3 Å². The van der Waals surface area contributed by atoms with Crippen molar-refractivity contribution in [1.29, 1.82) is 0 Å². The van der Waals surface area contributed by atoms with Gasteiger partial charge in [-0.3, -0.25) is 0 Å². The van der Waals surface area contributed by atoms with E-state index < -0.39 is 16.3 Å². The van der Waals surface area contributed by atoms with Crippen LogP contribution in [-0.2, 0) is 14.4 Å². The summed E-state index contributed by atoms with van der Waals surface area (Å²) in [7, 11) is 0. The molecule has 7 heteroatoms. The van der Waals surface area contributed by atoms with E-state index in [1.54, 1.807) is 0 Å². The van der Waals surface area contributed by atoms with Crippen LogP contribution in [0.1, 0.15) is 0 Å². The van der Waals surface area contributed by atoms with Crippen LogP contribution < -0.4 is 0 Å². The zero-order valence-corrected chi connectivity index (χ0v) is 7.34. The summed E-state index contributed by atoms with van der Waals surface area (Å²) >= 11 is 0.249. The molecule has 0 saturated carbocycles. The first-order valence-electron chi connectivity index (χ1n) is 2.75. The molecule has 0 spiro atoms. The van der Waals surface area contributed by atoms with Crippen molar-refractivity contribution >= 4 is 46.2 Å². The first-order chi connectivity index (χ1) is 5.56. The van der Waals surface area contributed by atoms with E-state index in [9.17, 15) is 24.0 Å². The third-order valence-electron chi connectivity index (χ3n) is 1.67. The van der Waals surface area contributed by atoms with Crippen molar-refractivity contribution in [3.8, 4) is 0 Å². The molecule has 0 atom stereocenters. The molecule has 0 unspecified atom stereocenters. The second-order valence-corrected chi connectivity index (χ2v) is 7.95. The van der Waals surface area contributed by atoms with Gasteiger partial charge in [-0.2, -0.15) is 0 Å². The predicted molar refractivity (Wildman–Crippen MR) is 45.6 cm³/mol. The van der Waals surface area contributed by atoms with Crippen molar-refractivity contribution in [3.63, 3.8) is 0 Å². The summed E-state index contributed by atoms with van der Waals surface area (Å²) in [6.07, 6.45) is 0. The monoisotopic (exact) mass is 206 g/mol. The Kier molecular flexibility index (Phi) is 1.77. The van der Waals surface area contributed by atoms with Gasteiger partial charge >= 0.3 is 70.1 Å². The van der Waals surface area contributed by atoms with Crippen LogP contribution in [0.5, 0.6) is 0 Å². The van der Waals surface area contributed by atoms with Crippen LogP contribution in [-0.4, -0.2) is 27.8 Å². The second kappa shape index (κ2) is 2.31. The van der Waals surface area contributed by atoms with Crippen LogP contribution in [0.2, 0.25) is 0 Å². The normalized spacial score (nSPS) is 27.5. The minimum absolute atomic E-state index is 0.0766. The van der Waals surface area contributed by atoms with E-state index in [2.05, 4.69) is 0 Å². The Morgan fingerprint density at radius 2 is 1.25 bits per heavy atom. The molecule has 64 valence electrons. The van der Waals surface area contributed by atoms with Gasteiger partial charge in [0.15, 0.2) is 0 Å². The third-order valence-corrected chi connectivity index (χ3v) is 8.01. The van der Waals surface area contributed by atoms with Gasteiger partial charge in [0.25, 0.3) is 0 Å². The van der Waals surface area contributed by atoms with E-state index in [0.717, 1.165) is 0 Å². The number of carbonyl (C=O) groups is 5. The maximum atomic E-state index is 10.9. The van der Waals surface area contributed by atoms with Crippen molar-refractivity contribution in [2.75, 3.05) is 0 Å². The van der Waals surface area contributed by atoms with E-state index in [-0.39, 0.29) is 29.8 Å². The summed E-state index contributed by atoms with van der Waals surface area (Å²) in [6.45, 7) is -4.55. The molecule has 0 N–H and O–H groups in total. The molecule has 0 aliphatic carbocycles. The van der Waals surface area contributed by atoms with Crippen LogP contribution >= 0.6 is 18.4 Å². The first kappa shape index (κ1) is 9.22. The van der Waals surface area contributed by atoms with Gasteiger partial charge in [-0.05, 0) is 0 Å². The average Bonchev–Trinajstić information content (AvgIpc) is 2.09. The molecular weight excluding hydrogens is 203 g/mol. The van der Waals surface area contributed by atoms with Gasteiger partial charge in [-0.1, -0.05) is 0 Å². The number of hydrogen-bond donors (Lipinski definition) is 0. The summed E-state index contributed by atoms with van der Waals surface area (Å²) in [5.74, 6) is 0. The van der Waals surface area contributed by atoms with Crippen molar-refractivity contribution in [2.24, 2.45) is 0 Å². The summed E-state index contributed by atoms with van der Waals surface area (Å²) in [5.41, 5.74) is 0. The van der Waals surface area contributed by atoms with Crippen LogP contribution in [0.4, 0.5) is 9.59 Å². The van der Waals surface area contributed by atoms with E-state index >= 15 is 0 Å². The zero-order chi connectivity index (χ0) is 9.43. The number of thioether (sulfide) groups is 1. The SMILES string of the molecule is O=CP1(C=O)(C=O)C(=O)SC1=O. The van der Waals surface area contributed by atoms with Crippen LogP contribution in [0.3, 0.4) is 0 Å². The molecular formula is C5H3O5PS. The molecule has 1 rings (SSSR count). The summed E-state index contributed by atoms with van der Waals surface area (Å²) in [5, 5.41) is 0. The number of carbonyl (C=O) groups excluding carboxylic acids is 5. The molecule has 0 amide bonds. The molecule has 1 saturated heterocycles. The zero-order valence-electron chi connectivity index (χ0n) is 5.63. The van der Waals surface area contributed by atoms with Gasteiger partial charge in [0.1, 0.15) is 0 Å². The van der Waals surface area contributed by atoms with E-state index in [1.807, 2.05) is 0 Å². The summed E-state index contributed by atoms with van der Waals surface area (Å²) < 4.78 is 0. The van der Waals surface area contributed by atoms with E-state index in [4.69, 9.17) is 0 Å². The van der Waals surface area contributed by atoms with Gasteiger partial charge < -0.3 is 0 Å². The van der Waals surface area contributed by atoms with Crippen molar-refractivity contribution in [3.05, 3.63) is 0 Å². The molecule has 0 bridgehead atoms. The maximum absolute atomic E-state index is 10.9. The first-order valence-corrected chi connectivity index (χ1v) is 6.01. The fraction of sp³-hybridized carbons (Fsp3) is 0. The molecule has 0 aromatic heterocycles. The van der Waals surface area contributed by atoms with Crippen molar-refractivity contribution in [1.82, 2.24) is 0 Å². The molecule has 0 aromatic carbocycles. The second-order valence-electron chi connectivity index (χ2n) is 2.28. The quantitative estimate of drug-likeness (QED) is 0.507. The Bertz CT molecular complexity index is 279. The minimum atomic E-state index is -4.55. The van der Waals surface area contributed by atoms with Crippen molar-refractivity contribution < 1.29 is 24.0 Å². The van der Waals surface area contributed by atoms with E-state index in [1.165, 1.54) is 0 Å². The van der Waals surface area contributed by atoms with Gasteiger partial charge in [-0.25, -0.2) is 0 Å². The Hall–Kier alpha value is -0.870. The number of hydrogen-bond acceptors (Lipinski definition) is 6. The molecule has 1 aliphatic heterocycles. The predicted octanol–water partition coefficient (Wildman–Crippen LogP) is 1.10. The third kappa shape index (κ3) is 0.623. The van der Waals surface area contributed by atoms with Gasteiger partial charge in [0.05, 0.1) is 0 Å². The fourth-order valence-electron chi connectivity index (χ4n) is 0.647.